The summed E-state index contributed by atoms with van der Waals surface area (Å²) in [5.41, 5.74) is 1.79. The third-order valence-electron chi connectivity index (χ3n) is 2.42. The lowest BCUT2D eigenvalue weighted by Crippen LogP contribution is -2.07. The topological polar surface area (TPSA) is 55.6 Å². The van der Waals surface area contributed by atoms with Crippen LogP contribution in [0.5, 0.6) is 0 Å². The minimum Gasteiger partial charge on any atom is -0.369 e. The van der Waals surface area contributed by atoms with E-state index in [0.717, 1.165) is 23.8 Å². The molecule has 0 aliphatic heterocycles. The zero-order valence-electron chi connectivity index (χ0n) is 9.81. The maximum absolute atomic E-state index is 5.93. The van der Waals surface area contributed by atoms with Crippen LogP contribution in [-0.2, 0) is 6.54 Å². The van der Waals surface area contributed by atoms with Crippen molar-refractivity contribution < 1.29 is 0 Å². The molecule has 0 amide bonds. The molecule has 2 rings (SSSR count). The van der Waals surface area contributed by atoms with E-state index in [-0.39, 0.29) is 0 Å². The molecular weight excluding hydrogens is 238 g/mol. The van der Waals surface area contributed by atoms with Gasteiger partial charge in [-0.3, -0.25) is 9.67 Å². The summed E-state index contributed by atoms with van der Waals surface area (Å²) in [6.45, 7) is 5.36. The van der Waals surface area contributed by atoms with Gasteiger partial charge in [-0.15, -0.1) is 0 Å². The third kappa shape index (κ3) is 2.74. The Hall–Kier alpha value is -1.62. The van der Waals surface area contributed by atoms with Gasteiger partial charge in [-0.1, -0.05) is 11.6 Å². The maximum atomic E-state index is 5.93. The molecule has 0 spiro atoms. The number of anilines is 1. The van der Waals surface area contributed by atoms with E-state index in [9.17, 15) is 0 Å². The first-order valence-corrected chi connectivity index (χ1v) is 5.81. The second kappa shape index (κ2) is 5.14. The standard InChI is InChI=1S/C11H14ClN5/c1-3-13-11-6-14-9(4-15-11)7-17-8(2)10(12)5-16-17/h4-6H,3,7H2,1-2H3,(H,13,15). The van der Waals surface area contributed by atoms with Crippen molar-refractivity contribution in [2.75, 3.05) is 11.9 Å². The second-order valence-corrected chi connectivity index (χ2v) is 4.07. The van der Waals surface area contributed by atoms with Crippen LogP contribution >= 0.6 is 11.6 Å². The van der Waals surface area contributed by atoms with Gasteiger partial charge >= 0.3 is 0 Å². The van der Waals surface area contributed by atoms with E-state index in [4.69, 9.17) is 11.6 Å². The van der Waals surface area contributed by atoms with Crippen LogP contribution in [0.1, 0.15) is 18.3 Å². The van der Waals surface area contributed by atoms with Gasteiger partial charge in [-0.25, -0.2) is 4.98 Å². The molecule has 90 valence electrons. The molecule has 0 aliphatic rings. The fourth-order valence-corrected chi connectivity index (χ4v) is 1.59. The number of hydrogen-bond donors (Lipinski definition) is 1. The van der Waals surface area contributed by atoms with Crippen LogP contribution in [0, 0.1) is 6.92 Å². The number of aromatic nitrogens is 4. The highest BCUT2D eigenvalue weighted by molar-refractivity contribution is 6.31. The van der Waals surface area contributed by atoms with Crippen LogP contribution in [0.25, 0.3) is 0 Å². The average molecular weight is 252 g/mol. The van der Waals surface area contributed by atoms with Gasteiger partial charge in [0.15, 0.2) is 0 Å². The Balaban J connectivity index is 2.11. The van der Waals surface area contributed by atoms with E-state index in [0.29, 0.717) is 11.6 Å². The molecule has 2 aromatic rings. The minimum absolute atomic E-state index is 0.581. The number of hydrogen-bond acceptors (Lipinski definition) is 4. The Morgan fingerprint density at radius 2 is 2.12 bits per heavy atom. The SMILES string of the molecule is CCNc1cnc(Cn2ncc(Cl)c2C)cn1. The van der Waals surface area contributed by atoms with Crippen LogP contribution in [-0.4, -0.2) is 26.3 Å². The molecule has 0 saturated carbocycles. The van der Waals surface area contributed by atoms with E-state index < -0.39 is 0 Å². The Morgan fingerprint density at radius 3 is 2.65 bits per heavy atom. The third-order valence-corrected chi connectivity index (χ3v) is 2.79. The maximum Gasteiger partial charge on any atom is 0.144 e. The molecule has 2 aromatic heterocycles. The van der Waals surface area contributed by atoms with E-state index in [1.54, 1.807) is 23.3 Å². The highest BCUT2D eigenvalue weighted by Gasteiger charge is 2.05. The molecular formula is C11H14ClN5. The summed E-state index contributed by atoms with van der Waals surface area (Å²) in [5, 5.41) is 7.94. The van der Waals surface area contributed by atoms with E-state index in [2.05, 4.69) is 20.4 Å². The summed E-state index contributed by atoms with van der Waals surface area (Å²) in [6.07, 6.45) is 5.10. The molecule has 0 saturated heterocycles. The molecule has 6 heteroatoms. The summed E-state index contributed by atoms with van der Waals surface area (Å²) in [7, 11) is 0. The lowest BCUT2D eigenvalue weighted by atomic mass is 10.4. The number of nitrogens with zero attached hydrogens (tertiary/aromatic N) is 4. The molecule has 0 fully saturated rings. The Morgan fingerprint density at radius 1 is 1.29 bits per heavy atom. The molecule has 1 N–H and O–H groups in total. The van der Waals surface area contributed by atoms with Crippen molar-refractivity contribution in [1.29, 1.82) is 0 Å². The van der Waals surface area contributed by atoms with Crippen molar-refractivity contribution in [2.45, 2.75) is 20.4 Å². The van der Waals surface area contributed by atoms with Crippen LogP contribution in [0.4, 0.5) is 5.82 Å². The smallest absolute Gasteiger partial charge is 0.144 e. The van der Waals surface area contributed by atoms with Crippen molar-refractivity contribution in [3.8, 4) is 0 Å². The lowest BCUT2D eigenvalue weighted by Gasteiger charge is -2.05. The predicted octanol–water partition coefficient (Wildman–Crippen LogP) is 2.12. The molecule has 0 aliphatic carbocycles. The summed E-state index contributed by atoms with van der Waals surface area (Å²) in [6, 6.07) is 0. The van der Waals surface area contributed by atoms with E-state index >= 15 is 0 Å². The van der Waals surface area contributed by atoms with Gasteiger partial charge in [0.2, 0.25) is 0 Å². The Labute approximate surface area is 105 Å². The average Bonchev–Trinajstić information content (AvgIpc) is 2.64. The molecule has 0 unspecified atom stereocenters. The zero-order chi connectivity index (χ0) is 12.3. The summed E-state index contributed by atoms with van der Waals surface area (Å²) >= 11 is 5.93. The largest absolute Gasteiger partial charge is 0.369 e. The van der Waals surface area contributed by atoms with E-state index in [1.165, 1.54) is 0 Å². The van der Waals surface area contributed by atoms with Gasteiger partial charge < -0.3 is 5.32 Å². The second-order valence-electron chi connectivity index (χ2n) is 3.66. The minimum atomic E-state index is 0.581. The molecule has 5 nitrogen and oxygen atoms in total. The van der Waals surface area contributed by atoms with Crippen LogP contribution in [0.2, 0.25) is 5.02 Å². The molecule has 0 aromatic carbocycles. The first-order valence-electron chi connectivity index (χ1n) is 5.43. The zero-order valence-corrected chi connectivity index (χ0v) is 10.6. The van der Waals surface area contributed by atoms with Gasteiger partial charge in [-0.05, 0) is 13.8 Å². The number of halogens is 1. The monoisotopic (exact) mass is 251 g/mol. The number of nitrogens with one attached hydrogen (secondary N) is 1. The van der Waals surface area contributed by atoms with Gasteiger partial charge in [0, 0.05) is 6.54 Å². The summed E-state index contributed by atoms with van der Waals surface area (Å²) < 4.78 is 1.80. The van der Waals surface area contributed by atoms with Crippen molar-refractivity contribution >= 4 is 17.4 Å². The Kier molecular flexibility index (Phi) is 3.58. The van der Waals surface area contributed by atoms with Crippen molar-refractivity contribution in [3.63, 3.8) is 0 Å². The van der Waals surface area contributed by atoms with Crippen LogP contribution < -0.4 is 5.32 Å². The van der Waals surface area contributed by atoms with Gasteiger partial charge in [0.1, 0.15) is 5.82 Å². The van der Waals surface area contributed by atoms with Crippen LogP contribution in [0.3, 0.4) is 0 Å². The van der Waals surface area contributed by atoms with Gasteiger partial charge in [0.05, 0.1) is 41.5 Å². The first-order chi connectivity index (χ1) is 8.20. The predicted molar refractivity (Wildman–Crippen MR) is 67.3 cm³/mol. The first kappa shape index (κ1) is 11.9. The van der Waals surface area contributed by atoms with Gasteiger partial charge in [0.25, 0.3) is 0 Å². The number of rotatable bonds is 4. The van der Waals surface area contributed by atoms with Crippen molar-refractivity contribution in [3.05, 3.63) is 35.0 Å². The van der Waals surface area contributed by atoms with E-state index in [1.807, 2.05) is 13.8 Å². The molecule has 0 bridgehead atoms. The summed E-state index contributed by atoms with van der Waals surface area (Å²) in [4.78, 5) is 8.57. The lowest BCUT2D eigenvalue weighted by molar-refractivity contribution is 0.650. The fraction of sp³-hybridized carbons (Fsp3) is 0.364. The molecule has 0 atom stereocenters. The molecule has 17 heavy (non-hydrogen) atoms. The van der Waals surface area contributed by atoms with Crippen molar-refractivity contribution in [2.24, 2.45) is 0 Å². The quantitative estimate of drug-likeness (QED) is 0.904. The highest BCUT2D eigenvalue weighted by atomic mass is 35.5. The van der Waals surface area contributed by atoms with Gasteiger partial charge in [-0.2, -0.15) is 5.10 Å². The summed E-state index contributed by atoms with van der Waals surface area (Å²) in [5.74, 6) is 0.784. The normalized spacial score (nSPS) is 10.5. The fourth-order valence-electron chi connectivity index (χ4n) is 1.45. The van der Waals surface area contributed by atoms with Crippen LogP contribution in [0.15, 0.2) is 18.6 Å². The van der Waals surface area contributed by atoms with Crippen molar-refractivity contribution in [1.82, 2.24) is 19.7 Å². The Bertz CT molecular complexity index is 491. The highest BCUT2D eigenvalue weighted by Crippen LogP contribution is 2.14. The molecule has 0 radical (unpaired) electrons. The molecule has 2 heterocycles.